The molecular weight excluding hydrogens is 518 g/mol. The normalized spacial score (nSPS) is 11.2. The topological polar surface area (TPSA) is 119 Å². The standard InChI is InChI=1S/C28H26F2N8O2/c1-15(2)38-14-23(24(36-38)16-5-8-19(29)9-6-16)34-28(40)33-22-12-17(7-10-21(22)30)20-11-18-13-32-27(31-3)35-25(18)37(4)26(20)39/h5-15H,1-4H3,(H,31,32,35)(H2,33,34,40). The van der Waals surface area contributed by atoms with Gasteiger partial charge in [-0.1, -0.05) is 6.07 Å². The number of urea groups is 1. The highest BCUT2D eigenvalue weighted by molar-refractivity contribution is 6.02. The van der Waals surface area contributed by atoms with E-state index in [-0.39, 0.29) is 22.9 Å². The molecule has 0 aliphatic rings. The summed E-state index contributed by atoms with van der Waals surface area (Å²) in [5.74, 6) is -0.711. The van der Waals surface area contributed by atoms with Gasteiger partial charge in [0.15, 0.2) is 0 Å². The van der Waals surface area contributed by atoms with Crippen LogP contribution >= 0.6 is 0 Å². The smallest absolute Gasteiger partial charge is 0.323 e. The number of halogens is 2. The fraction of sp³-hybridized carbons (Fsp3) is 0.179. The number of carbonyl (C=O) groups is 1. The number of rotatable bonds is 6. The third-order valence-corrected chi connectivity index (χ3v) is 6.32. The highest BCUT2D eigenvalue weighted by Crippen LogP contribution is 2.29. The summed E-state index contributed by atoms with van der Waals surface area (Å²) in [5.41, 5.74) is 2.04. The summed E-state index contributed by atoms with van der Waals surface area (Å²) < 4.78 is 31.3. The third kappa shape index (κ3) is 5.10. The molecule has 3 heterocycles. The van der Waals surface area contributed by atoms with Gasteiger partial charge < -0.3 is 16.0 Å². The maximum absolute atomic E-state index is 14.8. The summed E-state index contributed by atoms with van der Waals surface area (Å²) in [4.78, 5) is 34.7. The molecule has 0 unspecified atom stereocenters. The van der Waals surface area contributed by atoms with Gasteiger partial charge in [-0.2, -0.15) is 10.1 Å². The van der Waals surface area contributed by atoms with Crippen molar-refractivity contribution in [1.29, 1.82) is 0 Å². The van der Waals surface area contributed by atoms with Gasteiger partial charge in [0.1, 0.15) is 23.0 Å². The molecule has 10 nitrogen and oxygen atoms in total. The lowest BCUT2D eigenvalue weighted by Crippen LogP contribution is -2.21. The van der Waals surface area contributed by atoms with Crippen molar-refractivity contribution in [1.82, 2.24) is 24.3 Å². The Morgan fingerprint density at radius 1 is 0.975 bits per heavy atom. The monoisotopic (exact) mass is 544 g/mol. The number of hydrogen-bond acceptors (Lipinski definition) is 6. The second kappa shape index (κ2) is 10.6. The van der Waals surface area contributed by atoms with Crippen LogP contribution in [-0.2, 0) is 7.05 Å². The van der Waals surface area contributed by atoms with Crippen molar-refractivity contribution < 1.29 is 13.6 Å². The van der Waals surface area contributed by atoms with Crippen LogP contribution in [0.3, 0.4) is 0 Å². The number of benzene rings is 2. The van der Waals surface area contributed by atoms with Crippen molar-refractivity contribution in [3.63, 3.8) is 0 Å². The summed E-state index contributed by atoms with van der Waals surface area (Å²) in [6.07, 6.45) is 3.24. The molecule has 3 N–H and O–H groups in total. The summed E-state index contributed by atoms with van der Waals surface area (Å²) in [6, 6.07) is 10.6. The number of nitrogens with one attached hydrogen (secondary N) is 3. The average Bonchev–Trinajstić information content (AvgIpc) is 3.36. The number of nitrogens with zero attached hydrogens (tertiary/aromatic N) is 5. The van der Waals surface area contributed by atoms with Crippen molar-refractivity contribution in [2.24, 2.45) is 7.05 Å². The molecule has 12 heteroatoms. The van der Waals surface area contributed by atoms with Crippen molar-refractivity contribution in [2.45, 2.75) is 19.9 Å². The summed E-state index contributed by atoms with van der Waals surface area (Å²) in [7, 11) is 3.27. The first-order valence-corrected chi connectivity index (χ1v) is 12.4. The molecule has 0 fully saturated rings. The quantitative estimate of drug-likeness (QED) is 0.263. The largest absolute Gasteiger partial charge is 0.357 e. The minimum atomic E-state index is -0.720. The molecule has 0 spiro atoms. The lowest BCUT2D eigenvalue weighted by atomic mass is 10.1. The van der Waals surface area contributed by atoms with Gasteiger partial charge in [-0.25, -0.2) is 18.6 Å². The van der Waals surface area contributed by atoms with Crippen LogP contribution in [-0.4, -0.2) is 37.4 Å². The van der Waals surface area contributed by atoms with Crippen molar-refractivity contribution in [2.75, 3.05) is 23.0 Å². The number of hydrogen-bond donors (Lipinski definition) is 3. The highest BCUT2D eigenvalue weighted by atomic mass is 19.1. The maximum Gasteiger partial charge on any atom is 0.323 e. The van der Waals surface area contributed by atoms with Gasteiger partial charge in [0.05, 0.1) is 11.4 Å². The molecule has 0 radical (unpaired) electrons. The van der Waals surface area contributed by atoms with Gasteiger partial charge in [-0.3, -0.25) is 14.0 Å². The predicted octanol–water partition coefficient (Wildman–Crippen LogP) is 5.40. The van der Waals surface area contributed by atoms with Crippen molar-refractivity contribution in [3.05, 3.63) is 82.9 Å². The van der Waals surface area contributed by atoms with Crippen molar-refractivity contribution >= 4 is 34.4 Å². The van der Waals surface area contributed by atoms with E-state index in [0.717, 1.165) is 0 Å². The lowest BCUT2D eigenvalue weighted by Gasteiger charge is -2.12. The Balaban J connectivity index is 1.45. The van der Waals surface area contributed by atoms with E-state index in [1.807, 2.05) is 13.8 Å². The van der Waals surface area contributed by atoms with E-state index in [9.17, 15) is 18.4 Å². The third-order valence-electron chi connectivity index (χ3n) is 6.32. The van der Waals surface area contributed by atoms with Gasteiger partial charge in [-0.05, 0) is 61.9 Å². The molecule has 2 aromatic carbocycles. The van der Waals surface area contributed by atoms with E-state index in [4.69, 9.17) is 0 Å². The molecule has 5 aromatic rings. The molecule has 0 saturated carbocycles. The van der Waals surface area contributed by atoms with Gasteiger partial charge >= 0.3 is 6.03 Å². The van der Waals surface area contributed by atoms with Crippen LogP contribution < -0.4 is 21.5 Å². The van der Waals surface area contributed by atoms with Gasteiger partial charge in [-0.15, -0.1) is 0 Å². The van der Waals surface area contributed by atoms with E-state index in [2.05, 4.69) is 31.0 Å². The molecule has 0 atom stereocenters. The zero-order valence-corrected chi connectivity index (χ0v) is 22.2. The molecular formula is C28H26F2N8O2. The number of pyridine rings is 1. The van der Waals surface area contributed by atoms with E-state index < -0.39 is 17.7 Å². The van der Waals surface area contributed by atoms with Crippen LogP contribution in [0.15, 0.2) is 65.7 Å². The van der Waals surface area contributed by atoms with Crippen molar-refractivity contribution in [3.8, 4) is 22.4 Å². The van der Waals surface area contributed by atoms with E-state index in [0.29, 0.717) is 39.5 Å². The number of fused-ring (bicyclic) bond motifs is 1. The fourth-order valence-electron chi connectivity index (χ4n) is 4.21. The Labute approximate surface area is 227 Å². The second-order valence-electron chi connectivity index (χ2n) is 9.39. The van der Waals surface area contributed by atoms with Crippen LogP contribution in [0.1, 0.15) is 19.9 Å². The zero-order chi connectivity index (χ0) is 28.6. The number of aryl methyl sites for hydroxylation is 1. The van der Waals surface area contributed by atoms with Gasteiger partial charge in [0.2, 0.25) is 5.95 Å². The first-order valence-electron chi connectivity index (χ1n) is 12.4. The number of aromatic nitrogens is 5. The highest BCUT2D eigenvalue weighted by Gasteiger charge is 2.18. The van der Waals surface area contributed by atoms with E-state index >= 15 is 0 Å². The lowest BCUT2D eigenvalue weighted by molar-refractivity contribution is 0.262. The molecule has 204 valence electrons. The first-order chi connectivity index (χ1) is 19.1. The molecule has 0 aliphatic carbocycles. The Morgan fingerprint density at radius 3 is 2.38 bits per heavy atom. The van der Waals surface area contributed by atoms with Gasteiger partial charge in [0, 0.05) is 49.0 Å². The predicted molar refractivity (Wildman–Crippen MR) is 150 cm³/mol. The first kappa shape index (κ1) is 26.5. The minimum Gasteiger partial charge on any atom is -0.357 e. The SMILES string of the molecule is CNc1ncc2cc(-c3ccc(F)c(NC(=O)Nc4cn(C(C)C)nc4-c4ccc(F)cc4)c3)c(=O)n(C)c2n1. The number of carbonyl (C=O) groups excluding carboxylic acids is 1. The summed E-state index contributed by atoms with van der Waals surface area (Å²) >= 11 is 0. The second-order valence-corrected chi connectivity index (χ2v) is 9.39. The Kier molecular flexibility index (Phi) is 6.99. The van der Waals surface area contributed by atoms with E-state index in [1.54, 1.807) is 49.4 Å². The molecule has 5 rings (SSSR count). The Morgan fingerprint density at radius 2 is 1.68 bits per heavy atom. The molecule has 2 amide bonds. The van der Waals surface area contributed by atoms with Crippen LogP contribution in [0.25, 0.3) is 33.4 Å². The molecule has 0 saturated heterocycles. The van der Waals surface area contributed by atoms with E-state index in [1.165, 1.54) is 34.9 Å². The molecule has 0 bridgehead atoms. The fourth-order valence-corrected chi connectivity index (χ4v) is 4.21. The summed E-state index contributed by atoms with van der Waals surface area (Å²) in [6.45, 7) is 3.85. The summed E-state index contributed by atoms with van der Waals surface area (Å²) in [5, 5.41) is 13.2. The molecule has 0 aliphatic heterocycles. The van der Waals surface area contributed by atoms with Crippen LogP contribution in [0.5, 0.6) is 0 Å². The molecule has 3 aromatic heterocycles. The van der Waals surface area contributed by atoms with Crippen LogP contribution in [0.2, 0.25) is 0 Å². The van der Waals surface area contributed by atoms with Crippen LogP contribution in [0, 0.1) is 11.6 Å². The zero-order valence-electron chi connectivity index (χ0n) is 22.2. The minimum absolute atomic E-state index is 0.00766. The van der Waals surface area contributed by atoms with Crippen LogP contribution in [0.4, 0.5) is 30.9 Å². The maximum atomic E-state index is 14.8. The number of anilines is 3. The Bertz CT molecular complexity index is 1800. The average molecular weight is 545 g/mol. The number of amides is 2. The Hall–Kier alpha value is -5.13. The molecule has 40 heavy (non-hydrogen) atoms. The van der Waals surface area contributed by atoms with Gasteiger partial charge in [0.25, 0.3) is 5.56 Å².